The Morgan fingerprint density at radius 1 is 1.14 bits per heavy atom. The fourth-order valence-corrected chi connectivity index (χ4v) is 2.94. The number of hydrogen-bond acceptors (Lipinski definition) is 4. The number of ether oxygens (including phenoxy) is 1. The summed E-state index contributed by atoms with van der Waals surface area (Å²) in [6.45, 7) is 4.68. The van der Waals surface area contributed by atoms with Gasteiger partial charge in [0.25, 0.3) is 5.91 Å². The monoisotopic (exact) mass is 497 g/mol. The van der Waals surface area contributed by atoms with E-state index in [2.05, 4.69) is 45.9 Å². The van der Waals surface area contributed by atoms with Crippen molar-refractivity contribution >= 4 is 56.7 Å². The Hall–Kier alpha value is -2.16. The molecule has 2 aromatic carbocycles. The molecule has 0 fully saturated rings. The summed E-state index contributed by atoms with van der Waals surface area (Å²) in [6, 6.07) is 11.9. The van der Waals surface area contributed by atoms with Gasteiger partial charge < -0.3 is 4.74 Å². The third-order valence-electron chi connectivity index (χ3n) is 3.59. The lowest BCUT2D eigenvalue weighted by Crippen LogP contribution is -2.48. The first kappa shape index (κ1) is 23.1. The lowest BCUT2D eigenvalue weighted by Gasteiger charge is -2.13. The van der Waals surface area contributed by atoms with Crippen molar-refractivity contribution in [3.63, 3.8) is 0 Å². The Morgan fingerprint density at radius 2 is 1.83 bits per heavy atom. The van der Waals surface area contributed by atoms with E-state index in [1.165, 1.54) is 0 Å². The Kier molecular flexibility index (Phi) is 8.88. The molecule has 9 heteroatoms. The number of halogens is 2. The molecule has 0 heterocycles. The van der Waals surface area contributed by atoms with Crippen LogP contribution in [-0.2, 0) is 11.2 Å². The summed E-state index contributed by atoms with van der Waals surface area (Å²) in [6.07, 6.45) is 0.144. The van der Waals surface area contributed by atoms with Crippen molar-refractivity contribution in [2.45, 2.75) is 20.3 Å². The van der Waals surface area contributed by atoms with E-state index in [0.717, 1.165) is 5.56 Å². The van der Waals surface area contributed by atoms with Crippen LogP contribution in [0.1, 0.15) is 29.8 Å². The molecule has 0 saturated heterocycles. The minimum absolute atomic E-state index is 0.0179. The van der Waals surface area contributed by atoms with Gasteiger partial charge in [-0.05, 0) is 70.0 Å². The van der Waals surface area contributed by atoms with Crippen LogP contribution in [0.25, 0.3) is 0 Å². The Morgan fingerprint density at radius 3 is 2.45 bits per heavy atom. The molecule has 0 aliphatic heterocycles. The quantitative estimate of drug-likeness (QED) is 0.414. The van der Waals surface area contributed by atoms with Crippen molar-refractivity contribution in [1.82, 2.24) is 16.2 Å². The van der Waals surface area contributed by atoms with Crippen molar-refractivity contribution < 1.29 is 14.3 Å². The van der Waals surface area contributed by atoms with Crippen molar-refractivity contribution in [3.8, 4) is 5.75 Å². The first-order valence-electron chi connectivity index (χ1n) is 8.81. The van der Waals surface area contributed by atoms with Crippen LogP contribution in [0.4, 0.5) is 0 Å². The molecule has 0 spiro atoms. The maximum absolute atomic E-state index is 12.3. The average Bonchev–Trinajstić information content (AvgIpc) is 2.67. The Labute approximate surface area is 188 Å². The summed E-state index contributed by atoms with van der Waals surface area (Å²) >= 11 is 14.3. The van der Waals surface area contributed by atoms with Crippen LogP contribution >= 0.6 is 39.7 Å². The molecule has 0 aliphatic carbocycles. The Bertz CT molecular complexity index is 891. The third-order valence-corrected chi connectivity index (χ3v) is 4.66. The second-order valence-corrected chi connectivity index (χ2v) is 8.31. The van der Waals surface area contributed by atoms with E-state index >= 15 is 0 Å². The maximum atomic E-state index is 12.3. The molecule has 0 aliphatic rings. The molecule has 0 unspecified atom stereocenters. The molecule has 3 N–H and O–H groups in total. The van der Waals surface area contributed by atoms with Gasteiger partial charge in [-0.3, -0.25) is 25.8 Å². The maximum Gasteiger partial charge on any atom is 0.257 e. The van der Waals surface area contributed by atoms with Crippen LogP contribution in [0.15, 0.2) is 46.9 Å². The fraction of sp³-hybridized carbons (Fsp3) is 0.250. The predicted octanol–water partition coefficient (Wildman–Crippen LogP) is 4.02. The van der Waals surface area contributed by atoms with Gasteiger partial charge in [-0.25, -0.2) is 0 Å². The molecule has 0 saturated carbocycles. The molecular weight excluding hydrogens is 478 g/mol. The number of nitrogens with one attached hydrogen (secondary N) is 3. The summed E-state index contributed by atoms with van der Waals surface area (Å²) in [7, 11) is 0. The minimum Gasteiger partial charge on any atom is -0.492 e. The van der Waals surface area contributed by atoms with Gasteiger partial charge in [0.15, 0.2) is 5.11 Å². The smallest absolute Gasteiger partial charge is 0.257 e. The highest BCUT2D eigenvalue weighted by Gasteiger charge is 2.12. The van der Waals surface area contributed by atoms with Crippen LogP contribution in [0, 0.1) is 5.92 Å². The zero-order valence-corrected chi connectivity index (χ0v) is 19.1. The first-order valence-corrected chi connectivity index (χ1v) is 10.4. The topological polar surface area (TPSA) is 79.5 Å². The van der Waals surface area contributed by atoms with Gasteiger partial charge in [0.05, 0.1) is 17.5 Å². The van der Waals surface area contributed by atoms with Gasteiger partial charge in [-0.2, -0.15) is 0 Å². The second kappa shape index (κ2) is 11.1. The minimum atomic E-state index is -0.412. The zero-order chi connectivity index (χ0) is 21.4. The van der Waals surface area contributed by atoms with Crippen molar-refractivity contribution in [3.05, 3.63) is 63.1 Å². The lowest BCUT2D eigenvalue weighted by atomic mass is 10.1. The van der Waals surface area contributed by atoms with Gasteiger partial charge in [-0.1, -0.05) is 37.6 Å². The van der Waals surface area contributed by atoms with Gasteiger partial charge in [-0.15, -0.1) is 0 Å². The third kappa shape index (κ3) is 8.00. The summed E-state index contributed by atoms with van der Waals surface area (Å²) < 4.78 is 6.33. The van der Waals surface area contributed by atoms with Crippen molar-refractivity contribution in [2.24, 2.45) is 5.92 Å². The molecule has 0 aromatic heterocycles. The molecule has 0 atom stereocenters. The standard InChI is InChI=1S/C20H21BrClN3O3S/c1-12(2)11-28-17-8-5-14(10-16(17)21)19(27)23-20(29)25-24-18(26)9-13-3-6-15(22)7-4-13/h3-8,10,12H,9,11H2,1-2H3,(H,24,26)(H2,23,25,27,29). The van der Waals surface area contributed by atoms with E-state index in [-0.39, 0.29) is 17.4 Å². The fourth-order valence-electron chi connectivity index (χ4n) is 2.18. The van der Waals surface area contributed by atoms with Gasteiger partial charge in [0.1, 0.15) is 5.75 Å². The predicted molar refractivity (Wildman–Crippen MR) is 121 cm³/mol. The molecule has 2 rings (SSSR count). The number of carbonyl (C=O) groups excluding carboxylic acids is 2. The number of thiocarbonyl (C=S) groups is 1. The number of benzene rings is 2. The summed E-state index contributed by atoms with van der Waals surface area (Å²) in [5.41, 5.74) is 6.15. The van der Waals surface area contributed by atoms with E-state index in [1.54, 1.807) is 42.5 Å². The number of rotatable bonds is 6. The highest BCUT2D eigenvalue weighted by molar-refractivity contribution is 9.10. The molecule has 2 amide bonds. The van der Waals surface area contributed by atoms with E-state index in [1.807, 2.05) is 0 Å². The first-order chi connectivity index (χ1) is 13.7. The molecule has 2 aromatic rings. The van der Waals surface area contributed by atoms with E-state index in [0.29, 0.717) is 33.3 Å². The second-order valence-electron chi connectivity index (χ2n) is 6.61. The molecule has 154 valence electrons. The van der Waals surface area contributed by atoms with Crippen molar-refractivity contribution in [2.75, 3.05) is 6.61 Å². The van der Waals surface area contributed by atoms with Crippen LogP contribution in [-0.4, -0.2) is 23.5 Å². The number of amides is 2. The molecule has 6 nitrogen and oxygen atoms in total. The van der Waals surface area contributed by atoms with Gasteiger partial charge >= 0.3 is 0 Å². The largest absolute Gasteiger partial charge is 0.492 e. The summed E-state index contributed by atoms with van der Waals surface area (Å²) in [4.78, 5) is 24.3. The molecule has 0 bridgehead atoms. The highest BCUT2D eigenvalue weighted by Crippen LogP contribution is 2.26. The average molecular weight is 499 g/mol. The van der Waals surface area contributed by atoms with Crippen LogP contribution in [0.3, 0.4) is 0 Å². The number of carbonyl (C=O) groups is 2. The molecule has 0 radical (unpaired) electrons. The molecular formula is C20H21BrClN3O3S. The van der Waals surface area contributed by atoms with Crippen LogP contribution < -0.4 is 20.9 Å². The molecule has 29 heavy (non-hydrogen) atoms. The Balaban J connectivity index is 1.82. The van der Waals surface area contributed by atoms with E-state index in [9.17, 15) is 9.59 Å². The lowest BCUT2D eigenvalue weighted by molar-refractivity contribution is -0.121. The van der Waals surface area contributed by atoms with Gasteiger partial charge in [0.2, 0.25) is 5.91 Å². The number of hydrazine groups is 1. The summed E-state index contributed by atoms with van der Waals surface area (Å²) in [5, 5.41) is 3.09. The van der Waals surface area contributed by atoms with E-state index < -0.39 is 5.91 Å². The van der Waals surface area contributed by atoms with Crippen LogP contribution in [0.2, 0.25) is 5.02 Å². The van der Waals surface area contributed by atoms with E-state index in [4.69, 9.17) is 28.6 Å². The summed E-state index contributed by atoms with van der Waals surface area (Å²) in [5.74, 6) is 0.331. The highest BCUT2D eigenvalue weighted by atomic mass is 79.9. The number of hydrogen-bond donors (Lipinski definition) is 3. The normalized spacial score (nSPS) is 10.4. The zero-order valence-electron chi connectivity index (χ0n) is 15.9. The SMILES string of the molecule is CC(C)COc1ccc(C(=O)NC(=S)NNC(=O)Cc2ccc(Cl)cc2)cc1Br. The van der Waals surface area contributed by atoms with Crippen molar-refractivity contribution in [1.29, 1.82) is 0 Å². The van der Waals surface area contributed by atoms with Gasteiger partial charge in [0, 0.05) is 10.6 Å². The van der Waals surface area contributed by atoms with Crippen LogP contribution in [0.5, 0.6) is 5.75 Å².